The SMILES string of the molecule is CNOCC(O)CO. The molecule has 0 amide bonds. The molecule has 0 aromatic rings. The third kappa shape index (κ3) is 4.01. The van der Waals surface area contributed by atoms with Crippen LogP contribution in [0.1, 0.15) is 0 Å². The topological polar surface area (TPSA) is 61.7 Å². The Bertz CT molecular complexity index is 50.5. The van der Waals surface area contributed by atoms with Crippen LogP contribution in [-0.2, 0) is 4.84 Å². The lowest BCUT2D eigenvalue weighted by Crippen LogP contribution is -2.23. The number of hydroxylamine groups is 1. The molecule has 1 atom stereocenters. The van der Waals surface area contributed by atoms with Crippen molar-refractivity contribution < 1.29 is 15.1 Å². The number of nitrogens with one attached hydrogen (secondary N) is 1. The summed E-state index contributed by atoms with van der Waals surface area (Å²) in [6, 6.07) is 0. The van der Waals surface area contributed by atoms with E-state index in [1.165, 1.54) is 0 Å². The first-order chi connectivity index (χ1) is 3.81. The van der Waals surface area contributed by atoms with Crippen LogP contribution in [0.4, 0.5) is 0 Å². The molecule has 0 saturated heterocycles. The monoisotopic (exact) mass is 121 g/mol. The Hall–Kier alpha value is -0.160. The maximum Gasteiger partial charge on any atom is 0.102 e. The minimum Gasteiger partial charge on any atom is -0.394 e. The van der Waals surface area contributed by atoms with Crippen molar-refractivity contribution in [2.45, 2.75) is 6.10 Å². The maximum atomic E-state index is 8.57. The van der Waals surface area contributed by atoms with Gasteiger partial charge in [-0.05, 0) is 0 Å². The van der Waals surface area contributed by atoms with Gasteiger partial charge in [0, 0.05) is 7.05 Å². The van der Waals surface area contributed by atoms with Gasteiger partial charge in [0.25, 0.3) is 0 Å². The van der Waals surface area contributed by atoms with Crippen LogP contribution in [0.2, 0.25) is 0 Å². The Morgan fingerprint density at radius 1 is 1.75 bits per heavy atom. The largest absolute Gasteiger partial charge is 0.394 e. The Morgan fingerprint density at radius 3 is 2.75 bits per heavy atom. The molecule has 0 aromatic carbocycles. The second-order valence-corrected chi connectivity index (χ2v) is 1.35. The number of rotatable bonds is 4. The third-order valence-electron chi connectivity index (χ3n) is 0.631. The molecule has 0 aromatic heterocycles. The molecule has 4 nitrogen and oxygen atoms in total. The summed E-state index contributed by atoms with van der Waals surface area (Å²) in [5.41, 5.74) is 2.36. The van der Waals surface area contributed by atoms with Crippen molar-refractivity contribution in [2.75, 3.05) is 20.3 Å². The maximum absolute atomic E-state index is 8.57. The van der Waals surface area contributed by atoms with E-state index in [1.807, 2.05) is 0 Å². The van der Waals surface area contributed by atoms with E-state index in [4.69, 9.17) is 10.2 Å². The lowest BCUT2D eigenvalue weighted by Gasteiger charge is -2.04. The van der Waals surface area contributed by atoms with E-state index in [-0.39, 0.29) is 13.2 Å². The zero-order valence-corrected chi connectivity index (χ0v) is 4.79. The fourth-order valence-electron chi connectivity index (χ4n) is 0.232. The zero-order valence-electron chi connectivity index (χ0n) is 4.79. The van der Waals surface area contributed by atoms with Crippen LogP contribution in [-0.4, -0.2) is 36.6 Å². The Balaban J connectivity index is 2.86. The summed E-state index contributed by atoms with van der Waals surface area (Å²) >= 11 is 0. The fraction of sp³-hybridized carbons (Fsp3) is 1.00. The molecule has 0 aliphatic carbocycles. The standard InChI is InChI=1S/C4H11NO3/c1-5-8-3-4(7)2-6/h4-7H,2-3H2,1H3. The van der Waals surface area contributed by atoms with Gasteiger partial charge in [0.1, 0.15) is 6.10 Å². The first-order valence-electron chi connectivity index (χ1n) is 2.38. The van der Waals surface area contributed by atoms with Gasteiger partial charge in [0.15, 0.2) is 0 Å². The van der Waals surface area contributed by atoms with Crippen LogP contribution in [0.15, 0.2) is 0 Å². The molecule has 50 valence electrons. The second kappa shape index (κ2) is 4.99. The molecular formula is C4H11NO3. The number of hydrogen-bond donors (Lipinski definition) is 3. The van der Waals surface area contributed by atoms with Crippen molar-refractivity contribution in [3.05, 3.63) is 0 Å². The minimum absolute atomic E-state index is 0.118. The number of aliphatic hydroxyl groups excluding tert-OH is 2. The summed E-state index contributed by atoms with van der Waals surface area (Å²) in [6.45, 7) is -0.144. The van der Waals surface area contributed by atoms with Gasteiger partial charge in [0.05, 0.1) is 13.2 Å². The van der Waals surface area contributed by atoms with Crippen molar-refractivity contribution in [3.8, 4) is 0 Å². The van der Waals surface area contributed by atoms with E-state index in [0.29, 0.717) is 0 Å². The van der Waals surface area contributed by atoms with Crippen LogP contribution in [0, 0.1) is 0 Å². The van der Waals surface area contributed by atoms with Gasteiger partial charge in [-0.1, -0.05) is 0 Å². The fourth-order valence-corrected chi connectivity index (χ4v) is 0.232. The predicted octanol–water partition coefficient (Wildman–Crippen LogP) is -1.51. The minimum atomic E-state index is -0.776. The molecule has 0 heterocycles. The van der Waals surface area contributed by atoms with Crippen LogP contribution in [0.5, 0.6) is 0 Å². The van der Waals surface area contributed by atoms with E-state index in [2.05, 4.69) is 10.3 Å². The van der Waals surface area contributed by atoms with Gasteiger partial charge < -0.3 is 10.2 Å². The summed E-state index contributed by atoms with van der Waals surface area (Å²) in [5.74, 6) is 0. The predicted molar refractivity (Wildman–Crippen MR) is 28.1 cm³/mol. The number of aliphatic hydroxyl groups is 2. The normalized spacial score (nSPS) is 13.9. The Labute approximate surface area is 48.0 Å². The van der Waals surface area contributed by atoms with Crippen LogP contribution in [0.25, 0.3) is 0 Å². The first kappa shape index (κ1) is 7.84. The molecule has 0 fully saturated rings. The highest BCUT2D eigenvalue weighted by Gasteiger charge is 1.98. The molecule has 1 unspecified atom stereocenters. The van der Waals surface area contributed by atoms with E-state index in [9.17, 15) is 0 Å². The van der Waals surface area contributed by atoms with Crippen LogP contribution < -0.4 is 5.48 Å². The highest BCUT2D eigenvalue weighted by atomic mass is 16.6. The van der Waals surface area contributed by atoms with Gasteiger partial charge in [-0.2, -0.15) is 0 Å². The van der Waals surface area contributed by atoms with Crippen molar-refractivity contribution in [2.24, 2.45) is 0 Å². The third-order valence-corrected chi connectivity index (χ3v) is 0.631. The zero-order chi connectivity index (χ0) is 6.41. The first-order valence-corrected chi connectivity index (χ1v) is 2.38. The van der Waals surface area contributed by atoms with E-state index in [1.54, 1.807) is 7.05 Å². The van der Waals surface area contributed by atoms with Gasteiger partial charge in [0.2, 0.25) is 0 Å². The molecule has 3 N–H and O–H groups in total. The van der Waals surface area contributed by atoms with Crippen LogP contribution in [0.3, 0.4) is 0 Å². The average Bonchev–Trinajstić information content (AvgIpc) is 1.83. The lowest BCUT2D eigenvalue weighted by molar-refractivity contribution is -0.0288. The molecule has 0 saturated carbocycles. The Morgan fingerprint density at radius 2 is 2.38 bits per heavy atom. The number of hydrogen-bond acceptors (Lipinski definition) is 4. The quantitative estimate of drug-likeness (QED) is 0.396. The highest BCUT2D eigenvalue weighted by Crippen LogP contribution is 1.77. The molecule has 0 aliphatic heterocycles. The van der Waals surface area contributed by atoms with E-state index < -0.39 is 6.10 Å². The lowest BCUT2D eigenvalue weighted by atomic mass is 10.4. The molecule has 8 heavy (non-hydrogen) atoms. The van der Waals surface area contributed by atoms with Crippen molar-refractivity contribution in [1.82, 2.24) is 5.48 Å². The molecule has 0 spiro atoms. The van der Waals surface area contributed by atoms with Crippen molar-refractivity contribution in [1.29, 1.82) is 0 Å². The molecule has 0 bridgehead atoms. The van der Waals surface area contributed by atoms with Crippen molar-refractivity contribution in [3.63, 3.8) is 0 Å². The highest BCUT2D eigenvalue weighted by molar-refractivity contribution is 4.46. The van der Waals surface area contributed by atoms with Gasteiger partial charge >= 0.3 is 0 Å². The molecule has 4 heteroatoms. The Kier molecular flexibility index (Phi) is 4.89. The summed E-state index contributed by atoms with van der Waals surface area (Å²) in [6.07, 6.45) is -0.776. The molecule has 0 rings (SSSR count). The van der Waals surface area contributed by atoms with Gasteiger partial charge in [-0.3, -0.25) is 4.84 Å². The smallest absolute Gasteiger partial charge is 0.102 e. The second-order valence-electron chi connectivity index (χ2n) is 1.35. The summed E-state index contributed by atoms with van der Waals surface area (Å²) < 4.78 is 0. The van der Waals surface area contributed by atoms with Gasteiger partial charge in [-0.15, -0.1) is 0 Å². The van der Waals surface area contributed by atoms with Crippen molar-refractivity contribution >= 4 is 0 Å². The summed E-state index contributed by atoms with van der Waals surface area (Å²) in [4.78, 5) is 4.53. The molecule has 0 aliphatic rings. The van der Waals surface area contributed by atoms with Crippen LogP contribution >= 0.6 is 0 Å². The van der Waals surface area contributed by atoms with E-state index >= 15 is 0 Å². The molecular weight excluding hydrogens is 110 g/mol. The summed E-state index contributed by atoms with van der Waals surface area (Å²) in [5, 5.41) is 16.8. The van der Waals surface area contributed by atoms with Gasteiger partial charge in [-0.25, -0.2) is 5.48 Å². The average molecular weight is 121 g/mol. The summed E-state index contributed by atoms with van der Waals surface area (Å²) in [7, 11) is 1.59. The molecule has 0 radical (unpaired) electrons. The van der Waals surface area contributed by atoms with E-state index in [0.717, 1.165) is 0 Å².